The molecule has 60 heavy (non-hydrogen) atoms. The molecular weight excluding hydrogens is 721 g/mol. The second-order valence-corrected chi connectivity index (χ2v) is 15.5. The highest BCUT2D eigenvalue weighted by Crippen LogP contribution is 2.47. The molecule has 0 heterocycles. The van der Waals surface area contributed by atoms with E-state index in [9.17, 15) is 0 Å². The van der Waals surface area contributed by atoms with Gasteiger partial charge in [-0.3, -0.25) is 0 Å². The van der Waals surface area contributed by atoms with Crippen molar-refractivity contribution in [1.29, 1.82) is 0 Å². The average molecular weight is 761 g/mol. The first-order valence-electron chi connectivity index (χ1n) is 20.8. The van der Waals surface area contributed by atoms with Crippen molar-refractivity contribution in [2.45, 2.75) is 0 Å². The zero-order valence-electron chi connectivity index (χ0n) is 33.1. The molecule has 0 aromatic heterocycles. The van der Waals surface area contributed by atoms with Crippen LogP contribution in [0.25, 0.3) is 110 Å². The lowest BCUT2D eigenvalue weighted by Gasteiger charge is -2.20. The van der Waals surface area contributed by atoms with Crippen LogP contribution in [0, 0.1) is 0 Å². The highest BCUT2D eigenvalue weighted by atomic mass is 14.2. The fraction of sp³-hybridized carbons (Fsp3) is 0. The van der Waals surface area contributed by atoms with E-state index in [-0.39, 0.29) is 0 Å². The molecule has 0 aliphatic carbocycles. The molecule has 0 saturated carbocycles. The van der Waals surface area contributed by atoms with E-state index in [0.29, 0.717) is 0 Å². The van der Waals surface area contributed by atoms with Crippen LogP contribution < -0.4 is 0 Å². The smallest absolute Gasteiger partial charge is 0.00261 e. The molecule has 0 aliphatic heterocycles. The van der Waals surface area contributed by atoms with Crippen LogP contribution in [0.1, 0.15) is 0 Å². The van der Waals surface area contributed by atoms with Crippen molar-refractivity contribution in [2.24, 2.45) is 0 Å². The summed E-state index contributed by atoms with van der Waals surface area (Å²) in [6, 6.07) is 88.8. The summed E-state index contributed by atoms with van der Waals surface area (Å²) in [6.45, 7) is 0. The summed E-state index contributed by atoms with van der Waals surface area (Å²) in [4.78, 5) is 0. The Morgan fingerprint density at radius 2 is 0.500 bits per heavy atom. The van der Waals surface area contributed by atoms with Crippen molar-refractivity contribution in [1.82, 2.24) is 0 Å². The topological polar surface area (TPSA) is 0 Å². The van der Waals surface area contributed by atoms with Crippen molar-refractivity contribution < 1.29 is 0 Å². The molecule has 0 atom stereocenters. The third-order valence-corrected chi connectivity index (χ3v) is 12.1. The van der Waals surface area contributed by atoms with Gasteiger partial charge in [0.1, 0.15) is 0 Å². The lowest BCUT2D eigenvalue weighted by atomic mass is 9.83. The second-order valence-electron chi connectivity index (χ2n) is 15.5. The Hall–Kier alpha value is -7.80. The van der Waals surface area contributed by atoms with E-state index in [1.165, 1.54) is 110 Å². The zero-order valence-corrected chi connectivity index (χ0v) is 33.1. The van der Waals surface area contributed by atoms with Gasteiger partial charge in [-0.15, -0.1) is 0 Å². The van der Waals surface area contributed by atoms with Gasteiger partial charge in [-0.25, -0.2) is 0 Å². The van der Waals surface area contributed by atoms with Crippen LogP contribution in [0.3, 0.4) is 0 Å². The Kier molecular flexibility index (Phi) is 8.95. The average Bonchev–Trinajstić information content (AvgIpc) is 3.33. The van der Waals surface area contributed by atoms with E-state index in [4.69, 9.17) is 0 Å². The quantitative estimate of drug-likeness (QED) is 0.142. The highest BCUT2D eigenvalue weighted by molar-refractivity contribution is 6.22. The standard InChI is InChI=1S/C60H40/c1-4-18-41(19-5-1)42-32-34-44(35-33-42)48-38-39-53(51-27-13-12-26-50(51)49-25-11-10-24-47(49)43-20-6-2-7-21-43)58-40-46(36-37-52(48)58)60-56-30-16-14-28-54(56)59(45-22-8-3-9-23-45)55-29-15-17-31-57(55)60/h1-40H. The van der Waals surface area contributed by atoms with E-state index in [2.05, 4.69) is 243 Å². The van der Waals surface area contributed by atoms with Crippen molar-refractivity contribution in [3.8, 4) is 77.9 Å². The van der Waals surface area contributed by atoms with E-state index < -0.39 is 0 Å². The van der Waals surface area contributed by atoms with Crippen LogP contribution in [0.15, 0.2) is 243 Å². The summed E-state index contributed by atoms with van der Waals surface area (Å²) < 4.78 is 0. The van der Waals surface area contributed by atoms with Gasteiger partial charge in [-0.2, -0.15) is 0 Å². The van der Waals surface area contributed by atoms with E-state index in [0.717, 1.165) is 0 Å². The molecule has 11 aromatic rings. The minimum absolute atomic E-state index is 1.20. The minimum atomic E-state index is 1.20. The molecule has 0 unspecified atom stereocenters. The summed E-state index contributed by atoms with van der Waals surface area (Å²) in [5.74, 6) is 0. The summed E-state index contributed by atoms with van der Waals surface area (Å²) >= 11 is 0. The molecular formula is C60H40. The summed E-state index contributed by atoms with van der Waals surface area (Å²) in [7, 11) is 0. The molecule has 280 valence electrons. The fourth-order valence-electron chi connectivity index (χ4n) is 9.36. The van der Waals surface area contributed by atoms with E-state index >= 15 is 0 Å². The first-order chi connectivity index (χ1) is 29.8. The van der Waals surface area contributed by atoms with Gasteiger partial charge in [0.25, 0.3) is 0 Å². The van der Waals surface area contributed by atoms with E-state index in [1.807, 2.05) is 0 Å². The maximum Gasteiger partial charge on any atom is -0.00261 e. The summed E-state index contributed by atoms with van der Waals surface area (Å²) in [5, 5.41) is 7.47. The SMILES string of the molecule is c1ccc(-c2ccc(-c3ccc(-c4ccccc4-c4ccccc4-c4ccccc4)c4cc(-c5c6ccccc6c(-c6ccccc6)c6ccccc56)ccc34)cc2)cc1. The van der Waals surface area contributed by atoms with Gasteiger partial charge in [0.2, 0.25) is 0 Å². The molecule has 0 fully saturated rings. The molecule has 0 aliphatic rings. The van der Waals surface area contributed by atoms with Crippen molar-refractivity contribution in [2.75, 3.05) is 0 Å². The number of hydrogen-bond acceptors (Lipinski definition) is 0. The molecule has 11 rings (SSSR count). The lowest BCUT2D eigenvalue weighted by Crippen LogP contribution is -1.93. The van der Waals surface area contributed by atoms with Crippen LogP contribution in [-0.2, 0) is 0 Å². The van der Waals surface area contributed by atoms with Gasteiger partial charge in [0, 0.05) is 0 Å². The van der Waals surface area contributed by atoms with Gasteiger partial charge >= 0.3 is 0 Å². The largest absolute Gasteiger partial charge is 0.0622 e. The summed E-state index contributed by atoms with van der Waals surface area (Å²) in [6.07, 6.45) is 0. The minimum Gasteiger partial charge on any atom is -0.0622 e. The number of hydrogen-bond donors (Lipinski definition) is 0. The number of rotatable bonds is 7. The van der Waals surface area contributed by atoms with Gasteiger partial charge in [-0.1, -0.05) is 237 Å². The maximum atomic E-state index is 2.46. The monoisotopic (exact) mass is 760 g/mol. The Morgan fingerprint density at radius 3 is 1.07 bits per heavy atom. The van der Waals surface area contributed by atoms with Crippen LogP contribution in [0.2, 0.25) is 0 Å². The molecule has 0 bridgehead atoms. The maximum absolute atomic E-state index is 2.46. The van der Waals surface area contributed by atoms with Crippen LogP contribution in [0.4, 0.5) is 0 Å². The highest BCUT2D eigenvalue weighted by Gasteiger charge is 2.20. The Balaban J connectivity index is 1.18. The molecule has 0 saturated heterocycles. The number of benzene rings is 11. The fourth-order valence-corrected chi connectivity index (χ4v) is 9.36. The molecule has 0 radical (unpaired) electrons. The molecule has 0 spiro atoms. The van der Waals surface area contributed by atoms with Gasteiger partial charge in [0.05, 0.1) is 0 Å². The Morgan fingerprint density at radius 1 is 0.150 bits per heavy atom. The lowest BCUT2D eigenvalue weighted by molar-refractivity contribution is 1.57. The molecule has 11 aromatic carbocycles. The van der Waals surface area contributed by atoms with Gasteiger partial charge in [-0.05, 0) is 116 Å². The van der Waals surface area contributed by atoms with Crippen molar-refractivity contribution in [3.63, 3.8) is 0 Å². The first-order valence-corrected chi connectivity index (χ1v) is 20.8. The van der Waals surface area contributed by atoms with E-state index in [1.54, 1.807) is 0 Å². The second kappa shape index (κ2) is 15.2. The third kappa shape index (κ3) is 6.18. The molecule has 0 nitrogen and oxygen atoms in total. The van der Waals surface area contributed by atoms with Crippen molar-refractivity contribution >= 4 is 32.3 Å². The van der Waals surface area contributed by atoms with Crippen LogP contribution >= 0.6 is 0 Å². The molecule has 0 N–H and O–H groups in total. The van der Waals surface area contributed by atoms with Gasteiger partial charge < -0.3 is 0 Å². The zero-order chi connectivity index (χ0) is 39.8. The van der Waals surface area contributed by atoms with Crippen molar-refractivity contribution in [3.05, 3.63) is 243 Å². The molecule has 0 heteroatoms. The molecule has 0 amide bonds. The van der Waals surface area contributed by atoms with Gasteiger partial charge in [0.15, 0.2) is 0 Å². The normalized spacial score (nSPS) is 11.3. The predicted octanol–water partition coefficient (Wildman–Crippen LogP) is 16.8. The third-order valence-electron chi connectivity index (χ3n) is 12.1. The predicted molar refractivity (Wildman–Crippen MR) is 257 cm³/mol. The Labute approximate surface area is 351 Å². The van der Waals surface area contributed by atoms with Crippen LogP contribution in [-0.4, -0.2) is 0 Å². The number of fused-ring (bicyclic) bond motifs is 3. The van der Waals surface area contributed by atoms with Crippen LogP contribution in [0.5, 0.6) is 0 Å². The summed E-state index contributed by atoms with van der Waals surface area (Å²) in [5.41, 5.74) is 17.1. The first kappa shape index (κ1) is 35.4. The Bertz CT molecular complexity index is 3270.